The molecule has 2 aliphatic rings. The van der Waals surface area contributed by atoms with E-state index in [-0.39, 0.29) is 10.8 Å². The summed E-state index contributed by atoms with van der Waals surface area (Å²) in [5.41, 5.74) is 13.0. The molecule has 0 fully saturated rings. The van der Waals surface area contributed by atoms with Gasteiger partial charge in [-0.1, -0.05) is 0 Å². The van der Waals surface area contributed by atoms with E-state index in [0.717, 1.165) is 0 Å². The first-order valence-corrected chi connectivity index (χ1v) is 23.7. The van der Waals surface area contributed by atoms with Crippen LogP contribution in [0.15, 0.2) is 47.5 Å². The molecule has 0 bridgehead atoms. The van der Waals surface area contributed by atoms with Gasteiger partial charge in [0.25, 0.3) is 0 Å². The molecule has 0 saturated heterocycles. The Morgan fingerprint density at radius 2 is 1.03 bits per heavy atom. The van der Waals surface area contributed by atoms with Crippen molar-refractivity contribution < 1.29 is 20.1 Å². The average Bonchev–Trinajstić information content (AvgIpc) is 3.14. The van der Waals surface area contributed by atoms with Crippen LogP contribution < -0.4 is 0 Å². The van der Waals surface area contributed by atoms with Gasteiger partial charge < -0.3 is 0 Å². The van der Waals surface area contributed by atoms with Gasteiger partial charge in [0.05, 0.1) is 0 Å². The number of fused-ring (bicyclic) bond motifs is 2. The van der Waals surface area contributed by atoms with E-state index >= 15 is 0 Å². The maximum atomic E-state index is 2.53. The van der Waals surface area contributed by atoms with Crippen LogP contribution in [0.2, 0.25) is 0 Å². The number of benzene rings is 2. The Morgan fingerprint density at radius 1 is 0.667 bits per heavy atom. The fourth-order valence-electron chi connectivity index (χ4n) is 5.56. The SMILES string of the molecule is CC1=Cc2c(cccc2C(C)(C)C)[CH]1[Hf](=[SiH2])[CH]1C(C)=Cc2c1cccc2C(C)(C)C. The van der Waals surface area contributed by atoms with Crippen molar-refractivity contribution in [1.29, 1.82) is 0 Å². The minimum atomic E-state index is -2.07. The normalized spacial score (nSPS) is 20.5. The van der Waals surface area contributed by atoms with Gasteiger partial charge in [0.1, 0.15) is 0 Å². The van der Waals surface area contributed by atoms with Crippen LogP contribution in [0.5, 0.6) is 0 Å². The van der Waals surface area contributed by atoms with Gasteiger partial charge in [-0.3, -0.25) is 0 Å². The van der Waals surface area contributed by atoms with E-state index in [4.69, 9.17) is 0 Å². The van der Waals surface area contributed by atoms with Crippen LogP contribution in [0, 0.1) is 0 Å². The Labute approximate surface area is 192 Å². The summed E-state index contributed by atoms with van der Waals surface area (Å²) in [7, 11) is 0. The van der Waals surface area contributed by atoms with Crippen LogP contribution in [0.1, 0.15) is 96.1 Å². The van der Waals surface area contributed by atoms with Gasteiger partial charge in [0, 0.05) is 0 Å². The van der Waals surface area contributed by atoms with Gasteiger partial charge in [0.2, 0.25) is 0 Å². The third-order valence-corrected chi connectivity index (χ3v) is 24.4. The summed E-state index contributed by atoms with van der Waals surface area (Å²) in [6.07, 6.45) is 5.05. The van der Waals surface area contributed by atoms with Crippen molar-refractivity contribution in [3.05, 3.63) is 80.9 Å². The molecule has 0 aromatic heterocycles. The fraction of sp³-hybridized carbons (Fsp3) is 0.429. The summed E-state index contributed by atoms with van der Waals surface area (Å²) in [4.78, 5) is 0. The van der Waals surface area contributed by atoms with Crippen molar-refractivity contribution in [1.82, 2.24) is 0 Å². The van der Waals surface area contributed by atoms with E-state index in [1.54, 1.807) is 22.3 Å². The predicted octanol–water partition coefficient (Wildman–Crippen LogP) is 7.06. The molecule has 0 spiro atoms. The van der Waals surface area contributed by atoms with Crippen molar-refractivity contribution in [3.63, 3.8) is 0 Å². The molecular formula is C28H36HfSi. The molecule has 2 heteroatoms. The zero-order valence-corrected chi connectivity index (χ0v) is 25.0. The molecule has 0 aliphatic heterocycles. The quantitative estimate of drug-likeness (QED) is 0.335. The Balaban J connectivity index is 1.80. The maximum absolute atomic E-state index is 2.53. The number of rotatable bonds is 2. The van der Waals surface area contributed by atoms with Crippen molar-refractivity contribution in [2.24, 2.45) is 0 Å². The van der Waals surface area contributed by atoms with E-state index in [1.165, 1.54) is 22.3 Å². The predicted molar refractivity (Wildman–Crippen MR) is 132 cm³/mol. The molecule has 2 aromatic rings. The third kappa shape index (κ3) is 3.62. The van der Waals surface area contributed by atoms with E-state index in [2.05, 4.69) is 111 Å². The zero-order valence-electron chi connectivity index (χ0n) is 20.0. The molecule has 2 atom stereocenters. The molecule has 0 radical (unpaired) electrons. The molecule has 0 nitrogen and oxygen atoms in total. The molecule has 0 N–H and O–H groups in total. The van der Waals surface area contributed by atoms with Gasteiger partial charge in [-0.25, -0.2) is 0 Å². The zero-order chi connectivity index (χ0) is 22.0. The molecule has 4 rings (SSSR count). The molecule has 30 heavy (non-hydrogen) atoms. The van der Waals surface area contributed by atoms with E-state index in [1.807, 2.05) is 0 Å². The molecule has 0 saturated carbocycles. The number of hydrogen-bond donors (Lipinski definition) is 0. The van der Waals surface area contributed by atoms with E-state index in [9.17, 15) is 0 Å². The van der Waals surface area contributed by atoms with Crippen LogP contribution in [0.4, 0.5) is 0 Å². The van der Waals surface area contributed by atoms with Crippen LogP contribution in [0.25, 0.3) is 12.2 Å². The first-order chi connectivity index (χ1) is 13.9. The van der Waals surface area contributed by atoms with Crippen LogP contribution in [-0.2, 0) is 30.9 Å². The Morgan fingerprint density at radius 3 is 1.37 bits per heavy atom. The van der Waals surface area contributed by atoms with Crippen molar-refractivity contribution >= 4 is 19.1 Å². The summed E-state index contributed by atoms with van der Waals surface area (Å²) >= 11 is -2.07. The van der Waals surface area contributed by atoms with Gasteiger partial charge in [0.15, 0.2) is 0 Å². The summed E-state index contributed by atoms with van der Waals surface area (Å²) in [5.74, 6) is 0. The van der Waals surface area contributed by atoms with Crippen molar-refractivity contribution in [3.8, 4) is 0 Å². The Kier molecular flexibility index (Phi) is 5.59. The second-order valence-corrected chi connectivity index (χ2v) is 26.3. The summed E-state index contributed by atoms with van der Waals surface area (Å²) in [6, 6.07) is 14.2. The van der Waals surface area contributed by atoms with Crippen LogP contribution in [-0.4, -0.2) is 6.94 Å². The molecule has 2 aromatic carbocycles. The first-order valence-electron chi connectivity index (χ1n) is 11.2. The summed E-state index contributed by atoms with van der Waals surface area (Å²) in [5, 5.41) is 0. The topological polar surface area (TPSA) is 0 Å². The number of hydrogen-bond acceptors (Lipinski definition) is 0. The molecule has 2 aliphatic carbocycles. The van der Waals surface area contributed by atoms with Gasteiger partial charge in [-0.2, -0.15) is 0 Å². The monoisotopic (exact) mass is 580 g/mol. The first kappa shape index (κ1) is 22.2. The molecule has 0 heterocycles. The van der Waals surface area contributed by atoms with Gasteiger partial charge >= 0.3 is 194 Å². The number of allylic oxidation sites excluding steroid dienone is 2. The second kappa shape index (κ2) is 7.55. The Bertz CT molecular complexity index is 1010. The van der Waals surface area contributed by atoms with Crippen molar-refractivity contribution in [2.75, 3.05) is 0 Å². The fourth-order valence-corrected chi connectivity index (χ4v) is 25.1. The van der Waals surface area contributed by atoms with Gasteiger partial charge in [-0.15, -0.1) is 0 Å². The van der Waals surface area contributed by atoms with Crippen LogP contribution in [0.3, 0.4) is 0 Å². The van der Waals surface area contributed by atoms with E-state index < -0.39 is 20.1 Å². The Hall–Kier alpha value is -0.993. The molecule has 156 valence electrons. The standard InChI is InChI=1S/2C14H17.Hf.H2Si/c2*1-10-8-11-6-5-7-13(12(11)9-10)14(2,3)4;;/h2*5-9H,1-4H3;;1H2. The second-order valence-electron chi connectivity index (χ2n) is 11.3. The van der Waals surface area contributed by atoms with E-state index in [0.29, 0.717) is 7.35 Å². The minimum absolute atomic E-state index is 0.190. The van der Waals surface area contributed by atoms with Gasteiger partial charge in [-0.05, 0) is 0 Å². The van der Waals surface area contributed by atoms with Crippen LogP contribution >= 0.6 is 0 Å². The average molecular weight is 579 g/mol. The van der Waals surface area contributed by atoms with Crippen molar-refractivity contribution in [2.45, 2.75) is 73.6 Å². The molecular weight excluding hydrogens is 543 g/mol. The summed E-state index contributed by atoms with van der Waals surface area (Å²) < 4.78 is 1.42. The molecule has 2 unspecified atom stereocenters. The molecule has 0 amide bonds. The third-order valence-electron chi connectivity index (χ3n) is 6.91. The summed E-state index contributed by atoms with van der Waals surface area (Å²) in [6.45, 7) is 21.3.